The van der Waals surface area contributed by atoms with Crippen molar-refractivity contribution in [2.45, 2.75) is 0 Å². The van der Waals surface area contributed by atoms with Gasteiger partial charge >= 0.3 is 8.41 Å². The van der Waals surface area contributed by atoms with Crippen molar-refractivity contribution in [3.63, 3.8) is 0 Å². The average molecular weight is 432 g/mol. The minimum absolute atomic E-state index is 0.718. The SMILES string of the molecule is F[Si](c1ccccc1)(c1ccccc1)c1cccc(-c2ccccc2)c1-c1ccccn1. The summed E-state index contributed by atoms with van der Waals surface area (Å²) in [5.41, 5.74) is 3.68. The largest absolute Gasteiger partial charge is 0.340 e. The molecule has 0 saturated heterocycles. The summed E-state index contributed by atoms with van der Waals surface area (Å²) < 4.78 is 17.7. The monoisotopic (exact) mass is 431 g/mol. The van der Waals surface area contributed by atoms with E-state index in [-0.39, 0.29) is 0 Å². The fraction of sp³-hybridized carbons (Fsp3) is 0. The van der Waals surface area contributed by atoms with Gasteiger partial charge in [-0.2, -0.15) is 0 Å². The highest BCUT2D eigenvalue weighted by Crippen LogP contribution is 2.31. The predicted octanol–water partition coefficient (Wildman–Crippen LogP) is 5.35. The van der Waals surface area contributed by atoms with Crippen molar-refractivity contribution in [3.05, 3.63) is 134 Å². The molecule has 0 bridgehead atoms. The second-order valence-electron chi connectivity index (χ2n) is 7.70. The van der Waals surface area contributed by atoms with Gasteiger partial charge < -0.3 is 0 Å². The van der Waals surface area contributed by atoms with Crippen LogP contribution in [0.1, 0.15) is 0 Å². The van der Waals surface area contributed by atoms with Crippen molar-refractivity contribution in [2.24, 2.45) is 0 Å². The van der Waals surface area contributed by atoms with Crippen molar-refractivity contribution < 1.29 is 4.11 Å². The van der Waals surface area contributed by atoms with Crippen LogP contribution in [0.3, 0.4) is 0 Å². The Kier molecular flexibility index (Phi) is 5.49. The Labute approximate surface area is 189 Å². The molecule has 0 radical (unpaired) electrons. The molecule has 5 aromatic rings. The quantitative estimate of drug-likeness (QED) is 0.208. The minimum atomic E-state index is -3.81. The van der Waals surface area contributed by atoms with Crippen molar-refractivity contribution in [2.75, 3.05) is 0 Å². The van der Waals surface area contributed by atoms with Gasteiger partial charge in [-0.25, -0.2) is 0 Å². The van der Waals surface area contributed by atoms with Gasteiger partial charge in [0.05, 0.1) is 5.69 Å². The summed E-state index contributed by atoms with van der Waals surface area (Å²) in [5.74, 6) is 0. The first-order valence-electron chi connectivity index (χ1n) is 10.7. The Bertz CT molecular complexity index is 1270. The van der Waals surface area contributed by atoms with Gasteiger partial charge in [-0.05, 0) is 38.8 Å². The van der Waals surface area contributed by atoms with Gasteiger partial charge in [0.25, 0.3) is 0 Å². The van der Waals surface area contributed by atoms with Crippen LogP contribution in [0.4, 0.5) is 4.11 Å². The van der Waals surface area contributed by atoms with E-state index in [2.05, 4.69) is 23.2 Å². The van der Waals surface area contributed by atoms with Gasteiger partial charge in [-0.15, -0.1) is 0 Å². The lowest BCUT2D eigenvalue weighted by Crippen LogP contribution is -2.64. The van der Waals surface area contributed by atoms with Gasteiger partial charge in [-0.1, -0.05) is 115 Å². The fourth-order valence-corrected chi connectivity index (χ4v) is 7.49. The third-order valence-corrected chi connectivity index (χ3v) is 9.20. The normalized spacial score (nSPS) is 11.3. The van der Waals surface area contributed by atoms with Crippen LogP contribution >= 0.6 is 0 Å². The number of pyridine rings is 1. The zero-order valence-electron chi connectivity index (χ0n) is 17.5. The van der Waals surface area contributed by atoms with E-state index < -0.39 is 8.41 Å². The number of benzene rings is 4. The van der Waals surface area contributed by atoms with E-state index in [4.69, 9.17) is 0 Å². The summed E-state index contributed by atoms with van der Waals surface area (Å²) in [5, 5.41) is 2.18. The third-order valence-electron chi connectivity index (χ3n) is 5.78. The summed E-state index contributed by atoms with van der Waals surface area (Å²) in [4.78, 5) is 4.65. The number of hydrogen-bond acceptors (Lipinski definition) is 1. The van der Waals surface area contributed by atoms with Crippen LogP contribution in [0.25, 0.3) is 22.4 Å². The molecule has 32 heavy (non-hydrogen) atoms. The van der Waals surface area contributed by atoms with E-state index in [1.807, 2.05) is 109 Å². The topological polar surface area (TPSA) is 12.9 Å². The second kappa shape index (κ2) is 8.73. The predicted molar refractivity (Wildman–Crippen MR) is 134 cm³/mol. The van der Waals surface area contributed by atoms with Crippen LogP contribution in [-0.2, 0) is 0 Å². The number of halogens is 1. The summed E-state index contributed by atoms with van der Waals surface area (Å²) in [7, 11) is -3.81. The Hall–Kier alpha value is -3.82. The highest BCUT2D eigenvalue weighted by Gasteiger charge is 2.43. The van der Waals surface area contributed by atoms with Gasteiger partial charge in [0.15, 0.2) is 0 Å². The summed E-state index contributed by atoms with van der Waals surface area (Å²) >= 11 is 0. The Morgan fingerprint density at radius 2 is 1.09 bits per heavy atom. The first kappa shape index (κ1) is 20.1. The average Bonchev–Trinajstić information content (AvgIpc) is 2.90. The van der Waals surface area contributed by atoms with Crippen molar-refractivity contribution >= 4 is 24.0 Å². The van der Waals surface area contributed by atoms with Gasteiger partial charge in [0, 0.05) is 11.8 Å². The van der Waals surface area contributed by atoms with Crippen LogP contribution in [-0.4, -0.2) is 13.4 Å². The molecule has 0 amide bonds. The molecule has 4 aromatic carbocycles. The molecular formula is C29H22FNSi. The standard InChI is InChI=1S/C29H22FNSi/c30-32(24-15-6-2-7-16-24,25-17-8-3-9-18-25)28-21-12-19-26(23-13-4-1-5-14-23)29(28)27-20-10-11-22-31-27/h1-22H. The molecule has 0 fully saturated rings. The zero-order chi connectivity index (χ0) is 21.8. The van der Waals surface area contributed by atoms with Gasteiger partial charge in [-0.3, -0.25) is 9.09 Å². The Balaban J connectivity index is 1.88. The van der Waals surface area contributed by atoms with Crippen molar-refractivity contribution in [1.82, 2.24) is 4.98 Å². The molecule has 0 aliphatic carbocycles. The van der Waals surface area contributed by atoms with E-state index in [0.29, 0.717) is 0 Å². The molecule has 0 spiro atoms. The molecule has 3 heteroatoms. The zero-order valence-corrected chi connectivity index (χ0v) is 18.5. The highest BCUT2D eigenvalue weighted by atomic mass is 28.4. The third kappa shape index (κ3) is 3.57. The van der Waals surface area contributed by atoms with Crippen LogP contribution in [0, 0.1) is 0 Å². The maximum Gasteiger partial charge on any atom is 0.340 e. The van der Waals surface area contributed by atoms with Gasteiger partial charge in [0.1, 0.15) is 0 Å². The van der Waals surface area contributed by atoms with Crippen LogP contribution < -0.4 is 15.6 Å². The van der Waals surface area contributed by atoms with Crippen LogP contribution in [0.15, 0.2) is 134 Å². The molecule has 0 aliphatic heterocycles. The molecule has 0 saturated carbocycles. The van der Waals surface area contributed by atoms with E-state index in [0.717, 1.165) is 37.9 Å². The van der Waals surface area contributed by atoms with E-state index >= 15 is 4.11 Å². The lowest BCUT2D eigenvalue weighted by molar-refractivity contribution is 0.842. The first-order valence-corrected chi connectivity index (χ1v) is 12.6. The molecule has 0 unspecified atom stereocenters. The number of nitrogens with zero attached hydrogens (tertiary/aromatic N) is 1. The number of aromatic nitrogens is 1. The molecule has 0 N–H and O–H groups in total. The maximum atomic E-state index is 17.7. The molecule has 1 aromatic heterocycles. The lowest BCUT2D eigenvalue weighted by atomic mass is 9.97. The van der Waals surface area contributed by atoms with E-state index in [1.54, 1.807) is 6.20 Å². The van der Waals surface area contributed by atoms with E-state index in [1.165, 1.54) is 0 Å². The summed E-state index contributed by atoms with van der Waals surface area (Å²) in [6, 6.07) is 41.1. The molecule has 154 valence electrons. The fourth-order valence-electron chi connectivity index (χ4n) is 4.30. The molecular weight excluding hydrogens is 409 g/mol. The molecule has 1 nitrogen and oxygen atoms in total. The molecule has 1 heterocycles. The van der Waals surface area contributed by atoms with Crippen molar-refractivity contribution in [3.8, 4) is 22.4 Å². The minimum Gasteiger partial charge on any atom is -0.296 e. The lowest BCUT2D eigenvalue weighted by Gasteiger charge is -2.28. The molecule has 0 atom stereocenters. The summed E-state index contributed by atoms with van der Waals surface area (Å²) in [6.07, 6.45) is 1.77. The molecule has 0 aliphatic rings. The Morgan fingerprint density at radius 1 is 0.531 bits per heavy atom. The number of hydrogen-bond donors (Lipinski definition) is 0. The van der Waals surface area contributed by atoms with Gasteiger partial charge in [0.2, 0.25) is 0 Å². The Morgan fingerprint density at radius 3 is 1.66 bits per heavy atom. The number of rotatable bonds is 5. The summed E-state index contributed by atoms with van der Waals surface area (Å²) in [6.45, 7) is 0. The van der Waals surface area contributed by atoms with Crippen molar-refractivity contribution in [1.29, 1.82) is 0 Å². The van der Waals surface area contributed by atoms with Crippen LogP contribution in [0.2, 0.25) is 0 Å². The highest BCUT2D eigenvalue weighted by molar-refractivity contribution is 7.07. The van der Waals surface area contributed by atoms with E-state index in [9.17, 15) is 0 Å². The first-order chi connectivity index (χ1) is 15.8. The second-order valence-corrected chi connectivity index (χ2v) is 10.7. The molecule has 5 rings (SSSR count). The smallest absolute Gasteiger partial charge is 0.296 e. The maximum absolute atomic E-state index is 17.7. The van der Waals surface area contributed by atoms with Crippen LogP contribution in [0.5, 0.6) is 0 Å².